The van der Waals surface area contributed by atoms with E-state index in [1.54, 1.807) is 18.2 Å². The van der Waals surface area contributed by atoms with E-state index in [2.05, 4.69) is 5.32 Å². The highest BCUT2D eigenvalue weighted by Gasteiger charge is 2.60. The number of rotatable bonds is 9. The Morgan fingerprint density at radius 2 is 1.85 bits per heavy atom. The third kappa shape index (κ3) is 5.46. The van der Waals surface area contributed by atoms with Gasteiger partial charge in [-0.15, -0.1) is 11.8 Å². The van der Waals surface area contributed by atoms with Crippen molar-refractivity contribution in [3.8, 4) is 0 Å². The fourth-order valence-electron chi connectivity index (χ4n) is 6.08. The van der Waals surface area contributed by atoms with Crippen LogP contribution >= 0.6 is 11.8 Å². The molecule has 2 fully saturated rings. The Labute approximate surface area is 239 Å². The van der Waals surface area contributed by atoms with Crippen LogP contribution in [0.15, 0.2) is 59.1 Å². The summed E-state index contributed by atoms with van der Waals surface area (Å²) in [6.45, 7) is 4.02. The zero-order chi connectivity index (χ0) is 29.6. The molecule has 4 N–H and O–H groups in total. The van der Waals surface area contributed by atoms with E-state index >= 15 is 0 Å². The van der Waals surface area contributed by atoms with Crippen molar-refractivity contribution in [2.75, 3.05) is 11.9 Å². The number of halogens is 1. The second-order valence-electron chi connectivity index (χ2n) is 10.7. The first kappa shape index (κ1) is 28.8. The topological polar surface area (TPSA) is 147 Å². The maximum Gasteiger partial charge on any atom is 0.353 e. The molecule has 2 aromatic rings. The fraction of sp³-hybridized carbons (Fsp3) is 0.379. The number of carboxylic acid groups (broad SMARTS) is 2. The number of carbonyl (C=O) groups excluding carboxylic acids is 2. The van der Waals surface area contributed by atoms with Crippen molar-refractivity contribution in [1.29, 1.82) is 0 Å². The highest BCUT2D eigenvalue weighted by Crippen LogP contribution is 2.52. The van der Waals surface area contributed by atoms with Crippen molar-refractivity contribution in [2.45, 2.75) is 50.3 Å². The minimum Gasteiger partial charge on any atom is -0.478 e. The van der Waals surface area contributed by atoms with Crippen molar-refractivity contribution in [3.05, 3.63) is 76.1 Å². The van der Waals surface area contributed by atoms with Crippen molar-refractivity contribution in [3.63, 3.8) is 0 Å². The van der Waals surface area contributed by atoms with Gasteiger partial charge in [-0.2, -0.15) is 0 Å². The summed E-state index contributed by atoms with van der Waals surface area (Å²) in [5, 5.41) is 32.0. The van der Waals surface area contributed by atoms with E-state index < -0.39 is 47.8 Å². The zero-order valence-electron chi connectivity index (χ0n) is 22.4. The number of carbonyl (C=O) groups is 4. The van der Waals surface area contributed by atoms with Crippen LogP contribution in [-0.2, 0) is 20.9 Å². The van der Waals surface area contributed by atoms with Crippen molar-refractivity contribution < 1.29 is 38.9 Å². The van der Waals surface area contributed by atoms with Gasteiger partial charge in [-0.05, 0) is 49.2 Å². The Morgan fingerprint density at radius 3 is 2.51 bits per heavy atom. The molecule has 12 heteroatoms. The smallest absolute Gasteiger partial charge is 0.353 e. The zero-order valence-corrected chi connectivity index (χ0v) is 23.2. The largest absolute Gasteiger partial charge is 0.478 e. The van der Waals surface area contributed by atoms with E-state index in [1.807, 2.05) is 11.8 Å². The number of fused-ring (bicyclic) bond motifs is 1. The van der Waals surface area contributed by atoms with Crippen LogP contribution in [0.2, 0.25) is 0 Å². The summed E-state index contributed by atoms with van der Waals surface area (Å²) in [7, 11) is 0. The Balaban J connectivity index is 1.39. The first-order chi connectivity index (χ1) is 19.5. The molecule has 6 atom stereocenters. The van der Waals surface area contributed by atoms with E-state index in [9.17, 15) is 38.9 Å². The number of β-lactam (4-membered cyclic amide) rings is 1. The summed E-state index contributed by atoms with van der Waals surface area (Å²) < 4.78 is 13.9. The minimum absolute atomic E-state index is 0.0253. The molecule has 2 amide bonds. The first-order valence-electron chi connectivity index (χ1n) is 13.2. The number of aromatic carboxylic acids is 1. The van der Waals surface area contributed by atoms with Crippen LogP contribution in [0.25, 0.3) is 0 Å². The van der Waals surface area contributed by atoms with Crippen molar-refractivity contribution in [1.82, 2.24) is 9.80 Å². The lowest BCUT2D eigenvalue weighted by molar-refractivity contribution is -0.163. The van der Waals surface area contributed by atoms with Gasteiger partial charge in [0.2, 0.25) is 11.8 Å². The molecule has 10 nitrogen and oxygen atoms in total. The maximum absolute atomic E-state index is 13.9. The Bertz CT molecular complexity index is 1450. The Kier molecular flexibility index (Phi) is 7.91. The monoisotopic (exact) mass is 583 g/mol. The van der Waals surface area contributed by atoms with Crippen LogP contribution in [0.5, 0.6) is 0 Å². The van der Waals surface area contributed by atoms with Gasteiger partial charge in [0.05, 0.1) is 29.7 Å². The Hall–Kier alpha value is -3.74. The maximum atomic E-state index is 13.9. The van der Waals surface area contributed by atoms with E-state index in [0.717, 1.165) is 0 Å². The highest BCUT2D eigenvalue weighted by molar-refractivity contribution is 8.03. The number of nitrogens with zero attached hydrogens (tertiary/aromatic N) is 2. The molecule has 0 radical (unpaired) electrons. The van der Waals surface area contributed by atoms with Gasteiger partial charge in [0, 0.05) is 34.8 Å². The summed E-state index contributed by atoms with van der Waals surface area (Å²) in [6.07, 6.45) is -0.571. The summed E-state index contributed by atoms with van der Waals surface area (Å²) in [5.41, 5.74) is 0.932. The standard InChI is InChI=1S/C29H30FN3O7S/c1-14-23-22(15(2)34)27(36)33(23)24(29(39)40)25(14)41-20-11-21(32(13-20)12-16-5-3-7-18(30)9-16)26(35)31-19-8-4-6-17(10-19)28(37)38/h3-10,14-15,20-23,34H,11-13H2,1-2H3,(H,31,35)(H,37,38)(H,39,40)/t14-,15-,20+,21+,22-,23-/m1/s1. The molecule has 3 aliphatic heterocycles. The number of likely N-dealkylation sites (tertiary alicyclic amines) is 1. The summed E-state index contributed by atoms with van der Waals surface area (Å²) in [6, 6.07) is 10.9. The molecule has 5 rings (SSSR count). The molecule has 2 aromatic carbocycles. The molecular formula is C29H30FN3O7S. The highest BCUT2D eigenvalue weighted by atomic mass is 32.2. The molecule has 2 saturated heterocycles. The van der Waals surface area contributed by atoms with E-state index in [1.165, 1.54) is 53.9 Å². The molecule has 0 bridgehead atoms. The first-order valence-corrected chi connectivity index (χ1v) is 14.1. The average molecular weight is 584 g/mol. The SMILES string of the molecule is C[C@@H](O)[C@H]1C(=O)N2C(C(=O)O)=C(S[C@H]3C[C@@H](C(=O)Nc4cccc(C(=O)O)c4)N(Cc4cccc(F)c4)C3)[C@H](C)[C@H]12. The van der Waals surface area contributed by atoms with Gasteiger partial charge in [-0.3, -0.25) is 14.5 Å². The number of benzene rings is 2. The van der Waals surface area contributed by atoms with Gasteiger partial charge < -0.3 is 25.5 Å². The quantitative estimate of drug-likeness (QED) is 0.327. The lowest BCUT2D eigenvalue weighted by Gasteiger charge is -2.46. The molecule has 0 unspecified atom stereocenters. The number of aliphatic hydroxyl groups is 1. The minimum atomic E-state index is -1.22. The van der Waals surface area contributed by atoms with Gasteiger partial charge in [-0.25, -0.2) is 14.0 Å². The predicted molar refractivity (Wildman–Crippen MR) is 148 cm³/mol. The lowest BCUT2D eigenvalue weighted by atomic mass is 9.79. The third-order valence-corrected chi connectivity index (χ3v) is 9.42. The number of aliphatic carboxylic acids is 1. The second-order valence-corrected chi connectivity index (χ2v) is 12.0. The number of thioether (sulfide) groups is 1. The third-order valence-electron chi connectivity index (χ3n) is 7.92. The van der Waals surface area contributed by atoms with E-state index in [4.69, 9.17) is 0 Å². The second kappa shape index (κ2) is 11.3. The molecule has 0 aromatic heterocycles. The summed E-state index contributed by atoms with van der Waals surface area (Å²) in [4.78, 5) is 53.5. The number of carboxylic acids is 2. The number of anilines is 1. The van der Waals surface area contributed by atoms with Crippen LogP contribution in [0.3, 0.4) is 0 Å². The van der Waals surface area contributed by atoms with Crippen LogP contribution in [-0.4, -0.2) is 78.9 Å². The number of aliphatic hydroxyl groups excluding tert-OH is 1. The lowest BCUT2D eigenvalue weighted by Crippen LogP contribution is -2.63. The normalized spacial score (nSPS) is 26.5. The fourth-order valence-corrected chi connectivity index (χ4v) is 7.63. The van der Waals surface area contributed by atoms with E-state index in [-0.39, 0.29) is 34.9 Å². The molecular weight excluding hydrogens is 553 g/mol. The van der Waals surface area contributed by atoms with Crippen LogP contribution in [0, 0.1) is 17.7 Å². The van der Waals surface area contributed by atoms with Crippen LogP contribution in [0.4, 0.5) is 10.1 Å². The van der Waals surface area contributed by atoms with Gasteiger partial charge >= 0.3 is 11.9 Å². The van der Waals surface area contributed by atoms with Gasteiger partial charge in [0.1, 0.15) is 11.5 Å². The molecule has 0 saturated carbocycles. The van der Waals surface area contributed by atoms with Gasteiger partial charge in [0.15, 0.2) is 0 Å². The summed E-state index contributed by atoms with van der Waals surface area (Å²) >= 11 is 1.32. The average Bonchev–Trinajstić information content (AvgIpc) is 3.40. The molecule has 3 heterocycles. The van der Waals surface area contributed by atoms with Gasteiger partial charge in [0.25, 0.3) is 0 Å². The van der Waals surface area contributed by atoms with Crippen LogP contribution < -0.4 is 5.32 Å². The molecule has 3 aliphatic rings. The molecule has 0 aliphatic carbocycles. The van der Waals surface area contributed by atoms with Crippen LogP contribution in [0.1, 0.15) is 36.2 Å². The summed E-state index contributed by atoms with van der Waals surface area (Å²) in [5.74, 6) is -4.52. The molecule has 216 valence electrons. The number of nitrogens with one attached hydrogen (secondary N) is 1. The molecule has 41 heavy (non-hydrogen) atoms. The van der Waals surface area contributed by atoms with Crippen molar-refractivity contribution in [2.24, 2.45) is 11.8 Å². The Morgan fingerprint density at radius 1 is 1.12 bits per heavy atom. The predicted octanol–water partition coefficient (Wildman–Crippen LogP) is 2.99. The van der Waals surface area contributed by atoms with Crippen molar-refractivity contribution >= 4 is 41.2 Å². The number of hydrogen-bond donors (Lipinski definition) is 4. The molecule has 0 spiro atoms. The number of hydrogen-bond acceptors (Lipinski definition) is 7. The number of amides is 2. The van der Waals surface area contributed by atoms with E-state index in [0.29, 0.717) is 29.1 Å². The van der Waals surface area contributed by atoms with Gasteiger partial charge in [-0.1, -0.05) is 25.1 Å².